The molecule has 0 spiro atoms. The number of likely N-dealkylation sites (N-methyl/N-ethyl adjacent to an activating group) is 1. The second kappa shape index (κ2) is 15.5. The molecule has 47 heavy (non-hydrogen) atoms. The molecule has 0 radical (unpaired) electrons. The number of benzene rings is 4. The maximum atomic E-state index is 14.1. The van der Waals surface area contributed by atoms with Crippen LogP contribution >= 0.6 is 23.2 Å². The third-order valence-electron chi connectivity index (χ3n) is 9.15. The topological polar surface area (TPSA) is 82.9 Å². The minimum atomic E-state index is -1.10. The lowest BCUT2D eigenvalue weighted by Gasteiger charge is -2.34. The van der Waals surface area contributed by atoms with E-state index in [4.69, 9.17) is 32.7 Å². The van der Waals surface area contributed by atoms with E-state index in [0.717, 1.165) is 71.4 Å². The normalized spacial score (nSPS) is 15.2. The molecule has 1 heterocycles. The lowest BCUT2D eigenvalue weighted by molar-refractivity contribution is 0.0780. The van der Waals surface area contributed by atoms with Crippen LogP contribution in [-0.4, -0.2) is 73.6 Å². The Balaban J connectivity index is 1.34. The Bertz CT molecular complexity index is 1830. The number of hydrogen-bond donors (Lipinski definition) is 0. The molecule has 7 nitrogen and oxygen atoms in total. The molecule has 0 unspecified atom stereocenters. The second-order valence-corrected chi connectivity index (χ2v) is 14.1. The van der Waals surface area contributed by atoms with Gasteiger partial charge in [0.2, 0.25) is 0 Å². The van der Waals surface area contributed by atoms with Crippen molar-refractivity contribution in [2.24, 2.45) is 0 Å². The Labute approximate surface area is 289 Å². The summed E-state index contributed by atoms with van der Waals surface area (Å²) in [6.45, 7) is 3.10. The van der Waals surface area contributed by atoms with Gasteiger partial charge in [0.25, 0.3) is 5.91 Å². The van der Waals surface area contributed by atoms with E-state index in [-0.39, 0.29) is 17.6 Å². The first kappa shape index (κ1) is 34.7. The molecule has 1 aliphatic heterocycles. The predicted octanol–water partition coefficient (Wildman–Crippen LogP) is 7.90. The smallest absolute Gasteiger partial charge is 0.258 e. The largest absolute Gasteiger partial charge is 0.497 e. The summed E-state index contributed by atoms with van der Waals surface area (Å²) < 4.78 is 23.5. The van der Waals surface area contributed by atoms with Crippen molar-refractivity contribution in [3.05, 3.63) is 99.0 Å². The van der Waals surface area contributed by atoms with Crippen molar-refractivity contribution in [2.45, 2.75) is 36.0 Å². The van der Waals surface area contributed by atoms with Crippen molar-refractivity contribution >= 4 is 50.7 Å². The van der Waals surface area contributed by atoms with Gasteiger partial charge in [0.05, 0.1) is 46.2 Å². The number of nitrogens with zero attached hydrogens (tertiary/aromatic N) is 3. The standard InChI is InChI=1S/C37H39Cl2N3O4S/c1-41(37(43)35-31-8-6-5-7-26(31)19-28(22-40)36(35)46-3)23-27(25-9-12-32(38)33(39)20-25)15-18-42-16-13-24(14-17-42)30-11-10-29(45-2)21-34(30)47(4)44/h5-12,19-21,24,27H,13-18,23H2,1-4H3/t27-,47+/m1/s1. The van der Waals surface area contributed by atoms with E-state index in [1.807, 2.05) is 48.5 Å². The van der Waals surface area contributed by atoms with Crippen LogP contribution in [0.15, 0.2) is 71.6 Å². The van der Waals surface area contributed by atoms with Gasteiger partial charge in [0.1, 0.15) is 17.6 Å². The molecule has 5 rings (SSSR count). The first-order valence-electron chi connectivity index (χ1n) is 15.6. The summed E-state index contributed by atoms with van der Waals surface area (Å²) in [5, 5.41) is 12.3. The highest BCUT2D eigenvalue weighted by atomic mass is 35.5. The van der Waals surface area contributed by atoms with Crippen LogP contribution in [-0.2, 0) is 10.8 Å². The summed E-state index contributed by atoms with van der Waals surface area (Å²) >= 11 is 12.7. The van der Waals surface area contributed by atoms with Crippen LogP contribution in [0.25, 0.3) is 10.8 Å². The minimum absolute atomic E-state index is 0.0245. The number of carbonyl (C=O) groups excluding carboxylic acids is 1. The van der Waals surface area contributed by atoms with E-state index >= 15 is 0 Å². The number of rotatable bonds is 11. The zero-order valence-electron chi connectivity index (χ0n) is 27.1. The molecular weight excluding hydrogens is 653 g/mol. The van der Waals surface area contributed by atoms with E-state index in [1.54, 1.807) is 37.4 Å². The summed E-state index contributed by atoms with van der Waals surface area (Å²) in [4.78, 5) is 19.2. The van der Waals surface area contributed by atoms with Gasteiger partial charge in [0.15, 0.2) is 0 Å². The van der Waals surface area contributed by atoms with E-state index in [2.05, 4.69) is 17.0 Å². The van der Waals surface area contributed by atoms with E-state index in [9.17, 15) is 14.3 Å². The molecule has 1 aliphatic rings. The molecule has 4 aromatic rings. The van der Waals surface area contributed by atoms with Gasteiger partial charge in [-0.25, -0.2) is 0 Å². The summed E-state index contributed by atoms with van der Waals surface area (Å²) in [5.41, 5.74) is 2.85. The number of amides is 1. The van der Waals surface area contributed by atoms with Gasteiger partial charge < -0.3 is 19.3 Å². The molecule has 10 heteroatoms. The van der Waals surface area contributed by atoms with Gasteiger partial charge in [-0.1, -0.05) is 59.6 Å². The third kappa shape index (κ3) is 7.76. The van der Waals surface area contributed by atoms with Crippen molar-refractivity contribution in [3.63, 3.8) is 0 Å². The van der Waals surface area contributed by atoms with E-state index < -0.39 is 10.8 Å². The summed E-state index contributed by atoms with van der Waals surface area (Å²) in [5.74, 6) is 1.09. The quantitative estimate of drug-likeness (QED) is 0.159. The fourth-order valence-electron chi connectivity index (χ4n) is 6.60. The van der Waals surface area contributed by atoms with E-state index in [1.165, 1.54) is 7.11 Å². The summed E-state index contributed by atoms with van der Waals surface area (Å²) in [6, 6.07) is 23.1. The van der Waals surface area contributed by atoms with Crippen LogP contribution in [0.5, 0.6) is 11.5 Å². The van der Waals surface area contributed by atoms with Gasteiger partial charge in [-0.05, 0) is 97.0 Å². The molecule has 0 saturated carbocycles. The van der Waals surface area contributed by atoms with Crippen molar-refractivity contribution in [3.8, 4) is 17.6 Å². The molecule has 0 N–H and O–H groups in total. The highest BCUT2D eigenvalue weighted by Crippen LogP contribution is 2.36. The van der Waals surface area contributed by atoms with Gasteiger partial charge in [-0.3, -0.25) is 9.00 Å². The molecule has 1 fully saturated rings. The van der Waals surface area contributed by atoms with Gasteiger partial charge in [0, 0.05) is 30.7 Å². The molecule has 0 bridgehead atoms. The Kier molecular flexibility index (Phi) is 11.5. The fraction of sp³-hybridized carbons (Fsp3) is 0.351. The number of piperidine rings is 1. The van der Waals surface area contributed by atoms with Crippen LogP contribution in [0.1, 0.15) is 58.1 Å². The number of likely N-dealkylation sites (tertiary alicyclic amines) is 1. The average molecular weight is 693 g/mol. The maximum absolute atomic E-state index is 14.1. The molecule has 0 aliphatic carbocycles. The SMILES string of the molecule is COc1ccc(C2CCN(CC[C@H](CN(C)C(=O)c3c(OC)c(C#N)cc4ccccc34)c3ccc(Cl)c(Cl)c3)CC2)c([S@](C)=O)c1. The number of carbonyl (C=O) groups is 1. The Morgan fingerprint density at radius 3 is 2.45 bits per heavy atom. The maximum Gasteiger partial charge on any atom is 0.258 e. The second-order valence-electron chi connectivity index (χ2n) is 12.0. The first-order chi connectivity index (χ1) is 22.6. The number of hydrogen-bond acceptors (Lipinski definition) is 6. The lowest BCUT2D eigenvalue weighted by Crippen LogP contribution is -2.36. The third-order valence-corrected chi connectivity index (χ3v) is 10.9. The van der Waals surface area contributed by atoms with Crippen molar-refractivity contribution in [1.82, 2.24) is 9.80 Å². The van der Waals surface area contributed by atoms with Crippen LogP contribution < -0.4 is 9.47 Å². The van der Waals surface area contributed by atoms with Crippen molar-refractivity contribution < 1.29 is 18.5 Å². The van der Waals surface area contributed by atoms with Gasteiger partial charge in [-0.2, -0.15) is 5.26 Å². The van der Waals surface area contributed by atoms with Crippen molar-refractivity contribution in [2.75, 3.05) is 53.7 Å². The average Bonchev–Trinajstić information content (AvgIpc) is 3.09. The number of fused-ring (bicyclic) bond motifs is 1. The summed E-state index contributed by atoms with van der Waals surface area (Å²) in [6.07, 6.45) is 4.45. The molecule has 4 aromatic carbocycles. The number of methoxy groups -OCH3 is 2. The van der Waals surface area contributed by atoms with Crippen LogP contribution in [0.4, 0.5) is 0 Å². The van der Waals surface area contributed by atoms with Gasteiger partial charge in [-0.15, -0.1) is 0 Å². The Hall–Kier alpha value is -3.61. The Morgan fingerprint density at radius 2 is 1.79 bits per heavy atom. The summed E-state index contributed by atoms with van der Waals surface area (Å²) in [7, 11) is 3.80. The molecule has 2 atom stereocenters. The van der Waals surface area contributed by atoms with Crippen molar-refractivity contribution in [1.29, 1.82) is 5.26 Å². The zero-order valence-corrected chi connectivity index (χ0v) is 29.4. The fourth-order valence-corrected chi connectivity index (χ4v) is 7.76. The molecule has 246 valence electrons. The Morgan fingerprint density at radius 1 is 1.04 bits per heavy atom. The van der Waals surface area contributed by atoms with Gasteiger partial charge >= 0.3 is 0 Å². The first-order valence-corrected chi connectivity index (χ1v) is 17.9. The minimum Gasteiger partial charge on any atom is -0.497 e. The molecule has 1 saturated heterocycles. The number of halogens is 2. The highest BCUT2D eigenvalue weighted by molar-refractivity contribution is 7.84. The molecule has 1 amide bonds. The van der Waals surface area contributed by atoms with Crippen LogP contribution in [0, 0.1) is 11.3 Å². The zero-order chi connectivity index (χ0) is 33.7. The number of nitriles is 1. The number of ether oxygens (including phenoxy) is 2. The van der Waals surface area contributed by atoms with E-state index in [0.29, 0.717) is 33.6 Å². The van der Waals surface area contributed by atoms with Crippen LogP contribution in [0.2, 0.25) is 10.0 Å². The lowest BCUT2D eigenvalue weighted by atomic mass is 9.88. The predicted molar refractivity (Wildman–Crippen MR) is 190 cm³/mol. The molecule has 0 aromatic heterocycles. The van der Waals surface area contributed by atoms with Crippen LogP contribution in [0.3, 0.4) is 0 Å². The molecular formula is C37H39Cl2N3O4S. The highest BCUT2D eigenvalue weighted by Gasteiger charge is 2.28. The monoisotopic (exact) mass is 691 g/mol.